The molecule has 22 heteroatoms. The lowest BCUT2D eigenvalue weighted by atomic mass is 9.91. The minimum absolute atomic E-state index is 0.0164. The molecule has 3 N–H and O–H groups in total. The van der Waals surface area contributed by atoms with Crippen molar-refractivity contribution in [1.82, 2.24) is 74.1 Å². The van der Waals surface area contributed by atoms with Gasteiger partial charge in [-0.3, -0.25) is 15.2 Å². The second-order valence-corrected chi connectivity index (χ2v) is 14.2. The molecule has 0 bridgehead atoms. The van der Waals surface area contributed by atoms with Crippen molar-refractivity contribution in [2.24, 2.45) is 20.5 Å². The molecule has 0 aliphatic rings. The fourth-order valence-electron chi connectivity index (χ4n) is 5.59. The fraction of sp³-hybridized carbons (Fsp3) is 0.387. The normalized spacial score (nSPS) is 12.6. The molecule has 7 heterocycles. The van der Waals surface area contributed by atoms with Crippen LogP contribution < -0.4 is 5.69 Å². The van der Waals surface area contributed by atoms with Gasteiger partial charge in [0.2, 0.25) is 17.2 Å². The van der Waals surface area contributed by atoms with Crippen LogP contribution in [0.15, 0.2) is 25.3 Å². The zero-order valence-corrected chi connectivity index (χ0v) is 30.5. The van der Waals surface area contributed by atoms with Crippen LogP contribution in [0.1, 0.15) is 81.5 Å². The van der Waals surface area contributed by atoms with Gasteiger partial charge in [-0.05, 0) is 27.7 Å². The number of aromatic nitrogens is 15. The summed E-state index contributed by atoms with van der Waals surface area (Å²) in [5.74, 6) is 0.781. The van der Waals surface area contributed by atoms with E-state index in [0.29, 0.717) is 40.0 Å². The number of aryl methyl sites for hydroxylation is 4. The van der Waals surface area contributed by atoms with Crippen molar-refractivity contribution in [2.75, 3.05) is 0 Å². The molecule has 0 aromatic carbocycles. The predicted molar refractivity (Wildman–Crippen MR) is 187 cm³/mol. The van der Waals surface area contributed by atoms with Crippen LogP contribution >= 0.6 is 0 Å². The summed E-state index contributed by atoms with van der Waals surface area (Å²) in [6, 6.07) is 2.11. The first-order chi connectivity index (χ1) is 25.0. The minimum atomic E-state index is -0.831. The molecule has 0 saturated carbocycles. The zero-order valence-electron chi connectivity index (χ0n) is 30.5. The van der Waals surface area contributed by atoms with Gasteiger partial charge in [0.1, 0.15) is 23.3 Å². The summed E-state index contributed by atoms with van der Waals surface area (Å²) in [5, 5.41) is 60.3. The van der Waals surface area contributed by atoms with Crippen LogP contribution in [0.4, 0.5) is 28.7 Å². The number of rotatable bonds is 6. The van der Waals surface area contributed by atoms with Crippen LogP contribution in [0, 0.1) is 45.6 Å². The van der Waals surface area contributed by atoms with E-state index in [4.69, 9.17) is 6.57 Å². The topological polar surface area (TPSA) is 264 Å². The average molecular weight is 716 g/mol. The molecule has 0 aliphatic carbocycles. The molecule has 0 fully saturated rings. The van der Waals surface area contributed by atoms with E-state index in [9.17, 15) is 10.1 Å². The Balaban J connectivity index is 1.37. The number of fused-ring (bicyclic) bond motifs is 2. The van der Waals surface area contributed by atoms with Gasteiger partial charge in [0.05, 0.1) is 29.3 Å². The van der Waals surface area contributed by atoms with Gasteiger partial charge in [0, 0.05) is 10.8 Å². The number of aromatic amines is 3. The Bertz CT molecular complexity index is 2610. The molecule has 0 spiro atoms. The monoisotopic (exact) mass is 715 g/mol. The summed E-state index contributed by atoms with van der Waals surface area (Å²) in [4.78, 5) is 27.9. The molecular formula is C31H33N21O. The standard InChI is InChI=1S/C31H33N21O/c1-13-17(12-32)23(41-39-19-21(30(5,6)7)47-49-15(3)37-42-25(19)49)51(45-13)27-34-28(36-29(53)35-27)52-24(18(33-11)14(2)46-52)44-40-20-22(31(8,9)10)48-50-16(4)38-43-26(20)50/h47-48H,1-10H3,(H,34,35,36,53). The third kappa shape index (κ3) is 5.61. The van der Waals surface area contributed by atoms with Crippen LogP contribution in [-0.4, -0.2) is 74.1 Å². The van der Waals surface area contributed by atoms with Crippen LogP contribution in [0.5, 0.6) is 0 Å². The molecule has 0 radical (unpaired) electrons. The first-order valence-electron chi connectivity index (χ1n) is 16.2. The molecule has 0 saturated heterocycles. The van der Waals surface area contributed by atoms with Crippen LogP contribution in [0.2, 0.25) is 0 Å². The van der Waals surface area contributed by atoms with E-state index in [2.05, 4.69) is 87.1 Å². The Morgan fingerprint density at radius 3 is 1.77 bits per heavy atom. The lowest BCUT2D eigenvalue weighted by Crippen LogP contribution is -2.21. The maximum absolute atomic E-state index is 13.1. The second-order valence-electron chi connectivity index (χ2n) is 14.2. The van der Waals surface area contributed by atoms with Crippen molar-refractivity contribution >= 4 is 40.0 Å². The SMILES string of the molecule is [C-]#[N+]c1c(C)nn(-c2nc(-n3nc(C)c(C#N)c3N=Nc3c(C(C)(C)C)[nH]n4c(C)nnc34)nc(=O)[nH]2)c1N=Nc1c(C(C)(C)C)[nH]n2c(C)nnc12. The summed E-state index contributed by atoms with van der Waals surface area (Å²) < 4.78 is 5.71. The van der Waals surface area contributed by atoms with E-state index in [1.165, 1.54) is 4.68 Å². The molecule has 7 aromatic rings. The largest absolute Gasteiger partial charge is 0.351 e. The third-order valence-corrected chi connectivity index (χ3v) is 8.26. The summed E-state index contributed by atoms with van der Waals surface area (Å²) >= 11 is 0. The highest BCUT2D eigenvalue weighted by Gasteiger charge is 2.28. The van der Waals surface area contributed by atoms with Crippen molar-refractivity contribution in [3.05, 3.63) is 61.9 Å². The number of hydrogen-bond donors (Lipinski definition) is 3. The van der Waals surface area contributed by atoms with Gasteiger partial charge < -0.3 is 0 Å². The van der Waals surface area contributed by atoms with Crippen LogP contribution in [-0.2, 0) is 10.8 Å². The second kappa shape index (κ2) is 11.9. The lowest BCUT2D eigenvalue weighted by Gasteiger charge is -2.16. The van der Waals surface area contributed by atoms with Gasteiger partial charge in [0.15, 0.2) is 23.0 Å². The molecule has 0 aliphatic heterocycles. The van der Waals surface area contributed by atoms with E-state index >= 15 is 0 Å². The van der Waals surface area contributed by atoms with Crippen molar-refractivity contribution in [2.45, 2.75) is 80.1 Å². The number of hydrogen-bond acceptors (Lipinski definition) is 14. The number of nitrogens with one attached hydrogen (secondary N) is 3. The molecule has 0 unspecified atom stereocenters. The number of nitrogens with zero attached hydrogens (tertiary/aromatic N) is 18. The molecule has 53 heavy (non-hydrogen) atoms. The molecule has 0 amide bonds. The molecule has 7 aromatic heterocycles. The van der Waals surface area contributed by atoms with Gasteiger partial charge in [0.25, 0.3) is 11.6 Å². The summed E-state index contributed by atoms with van der Waals surface area (Å²) in [6.07, 6.45) is 0. The first kappa shape index (κ1) is 34.2. The highest BCUT2D eigenvalue weighted by Crippen LogP contribution is 2.39. The Kier molecular flexibility index (Phi) is 7.71. The Labute approximate surface area is 299 Å². The molecule has 22 nitrogen and oxygen atoms in total. The van der Waals surface area contributed by atoms with Gasteiger partial charge in [-0.15, -0.1) is 40.9 Å². The summed E-state index contributed by atoms with van der Waals surface area (Å²) in [7, 11) is 0. The van der Waals surface area contributed by atoms with Gasteiger partial charge in [-0.1, -0.05) is 41.5 Å². The van der Waals surface area contributed by atoms with Crippen molar-refractivity contribution < 1.29 is 0 Å². The van der Waals surface area contributed by atoms with E-state index in [0.717, 1.165) is 16.1 Å². The van der Waals surface area contributed by atoms with E-state index in [-0.39, 0.29) is 45.9 Å². The quantitative estimate of drug-likeness (QED) is 0.146. The van der Waals surface area contributed by atoms with Crippen molar-refractivity contribution in [3.8, 4) is 18.0 Å². The number of azo groups is 2. The number of H-pyrrole nitrogens is 3. The highest BCUT2D eigenvalue weighted by atomic mass is 16.1. The maximum atomic E-state index is 13.1. The smallest absolute Gasteiger partial charge is 0.292 e. The number of nitriles is 1. The first-order valence-corrected chi connectivity index (χ1v) is 16.2. The van der Waals surface area contributed by atoms with Gasteiger partial charge in [-0.25, -0.2) is 18.7 Å². The molecule has 268 valence electrons. The van der Waals surface area contributed by atoms with Crippen LogP contribution in [0.3, 0.4) is 0 Å². The Hall–Kier alpha value is -7.23. The van der Waals surface area contributed by atoms with Gasteiger partial charge in [-0.2, -0.15) is 34.8 Å². The van der Waals surface area contributed by atoms with Gasteiger partial charge >= 0.3 is 5.69 Å². The third-order valence-electron chi connectivity index (χ3n) is 8.26. The highest BCUT2D eigenvalue weighted by molar-refractivity contribution is 5.71. The summed E-state index contributed by atoms with van der Waals surface area (Å²) in [5.41, 5.74) is 2.30. The Morgan fingerprint density at radius 1 is 0.736 bits per heavy atom. The lowest BCUT2D eigenvalue weighted by molar-refractivity contribution is 0.561. The van der Waals surface area contributed by atoms with Crippen molar-refractivity contribution in [3.63, 3.8) is 0 Å². The predicted octanol–water partition coefficient (Wildman–Crippen LogP) is 5.36. The van der Waals surface area contributed by atoms with E-state index in [1.54, 1.807) is 36.7 Å². The van der Waals surface area contributed by atoms with E-state index < -0.39 is 11.1 Å². The van der Waals surface area contributed by atoms with Crippen molar-refractivity contribution in [1.29, 1.82) is 5.26 Å². The van der Waals surface area contributed by atoms with Crippen LogP contribution in [0.25, 0.3) is 28.0 Å². The molecule has 0 atom stereocenters. The minimum Gasteiger partial charge on any atom is -0.292 e. The summed E-state index contributed by atoms with van der Waals surface area (Å²) in [6.45, 7) is 26.7. The fourth-order valence-corrected chi connectivity index (χ4v) is 5.59. The molecule has 7 rings (SSSR count). The maximum Gasteiger partial charge on any atom is 0.351 e. The average Bonchev–Trinajstić information content (AvgIpc) is 3.91. The zero-order chi connectivity index (χ0) is 38.1. The Morgan fingerprint density at radius 2 is 1.26 bits per heavy atom. The molecular weight excluding hydrogens is 682 g/mol. The van der Waals surface area contributed by atoms with E-state index in [1.807, 2.05) is 41.5 Å².